The van der Waals surface area contributed by atoms with Gasteiger partial charge < -0.3 is 0 Å². The Morgan fingerprint density at radius 3 is 2.17 bits per heavy atom. The lowest BCUT2D eigenvalue weighted by Gasteiger charge is -2.42. The predicted octanol–water partition coefficient (Wildman–Crippen LogP) is 2.97. The molecule has 0 aromatic heterocycles. The van der Waals surface area contributed by atoms with Crippen molar-refractivity contribution in [1.82, 2.24) is 0 Å². The summed E-state index contributed by atoms with van der Waals surface area (Å²) in [6, 6.07) is 11.0. The molecule has 1 aliphatic rings. The molecule has 0 amide bonds. The van der Waals surface area contributed by atoms with Gasteiger partial charge >= 0.3 is 0 Å². The fourth-order valence-electron chi connectivity index (χ4n) is 2.13. The normalized spacial score (nSPS) is 34.3. The molecule has 0 spiro atoms. The van der Waals surface area contributed by atoms with E-state index in [1.165, 1.54) is 6.42 Å². The van der Waals surface area contributed by atoms with Crippen LogP contribution >= 0.6 is 7.92 Å². The van der Waals surface area contributed by atoms with E-state index in [9.17, 15) is 0 Å². The van der Waals surface area contributed by atoms with Crippen molar-refractivity contribution in [3.8, 4) is 0 Å². The number of rotatable bonds is 1. The van der Waals surface area contributed by atoms with E-state index in [2.05, 4.69) is 44.2 Å². The van der Waals surface area contributed by atoms with E-state index in [-0.39, 0.29) is 7.92 Å². The predicted molar refractivity (Wildman–Crippen MR) is 56.5 cm³/mol. The van der Waals surface area contributed by atoms with Gasteiger partial charge in [0.25, 0.3) is 0 Å². The van der Waals surface area contributed by atoms with E-state index in [1.807, 2.05) is 0 Å². The van der Waals surface area contributed by atoms with E-state index >= 15 is 0 Å². The van der Waals surface area contributed by atoms with Crippen LogP contribution < -0.4 is 5.30 Å². The summed E-state index contributed by atoms with van der Waals surface area (Å²) >= 11 is 0. The molecule has 1 heteroatoms. The Balaban J connectivity index is 2.20. The largest absolute Gasteiger partial charge is 0.0695 e. The summed E-state index contributed by atoms with van der Waals surface area (Å²) in [6.45, 7) is 4.78. The zero-order chi connectivity index (χ0) is 8.55. The zero-order valence-electron chi connectivity index (χ0n) is 7.70. The molecule has 64 valence electrons. The Hall–Kier alpha value is -0.350. The molecule has 0 saturated carbocycles. The maximum absolute atomic E-state index is 2.39. The average molecular weight is 178 g/mol. The maximum Gasteiger partial charge on any atom is -0.0189 e. The van der Waals surface area contributed by atoms with Gasteiger partial charge in [0.05, 0.1) is 0 Å². The Morgan fingerprint density at radius 2 is 1.67 bits per heavy atom. The molecule has 0 aliphatic carbocycles. The van der Waals surface area contributed by atoms with Crippen molar-refractivity contribution in [1.29, 1.82) is 0 Å². The molecule has 1 aliphatic heterocycles. The highest BCUT2D eigenvalue weighted by molar-refractivity contribution is 7.68. The van der Waals surface area contributed by atoms with Gasteiger partial charge in [-0.1, -0.05) is 52.1 Å². The minimum Gasteiger partial charge on any atom is -0.0695 e. The first kappa shape index (κ1) is 8.26. The monoisotopic (exact) mass is 178 g/mol. The highest BCUT2D eigenvalue weighted by Gasteiger charge is 2.34. The molecule has 1 aromatic rings. The summed E-state index contributed by atoms with van der Waals surface area (Å²) in [6.07, 6.45) is 1.43. The molecule has 0 bridgehead atoms. The van der Waals surface area contributed by atoms with Crippen molar-refractivity contribution in [2.75, 3.05) is 0 Å². The Morgan fingerprint density at radius 1 is 1.08 bits per heavy atom. The smallest absolute Gasteiger partial charge is 0.0189 e. The van der Waals surface area contributed by atoms with Crippen molar-refractivity contribution < 1.29 is 0 Å². The Kier molecular flexibility index (Phi) is 2.19. The highest BCUT2D eigenvalue weighted by Crippen LogP contribution is 2.57. The van der Waals surface area contributed by atoms with E-state index < -0.39 is 0 Å². The second kappa shape index (κ2) is 3.18. The first-order valence-corrected chi connectivity index (χ1v) is 6.10. The molecular weight excluding hydrogens is 163 g/mol. The average Bonchev–Trinajstić information content (AvgIpc) is 2.05. The topological polar surface area (TPSA) is 0 Å². The van der Waals surface area contributed by atoms with Crippen LogP contribution in [0.1, 0.15) is 20.3 Å². The van der Waals surface area contributed by atoms with Gasteiger partial charge in [-0.2, -0.15) is 0 Å². The zero-order valence-corrected chi connectivity index (χ0v) is 8.59. The van der Waals surface area contributed by atoms with Crippen molar-refractivity contribution in [2.45, 2.75) is 31.6 Å². The lowest BCUT2D eigenvalue weighted by Crippen LogP contribution is -2.30. The molecule has 2 atom stereocenters. The van der Waals surface area contributed by atoms with Gasteiger partial charge in [0.1, 0.15) is 0 Å². The van der Waals surface area contributed by atoms with Crippen LogP contribution in [-0.2, 0) is 0 Å². The SMILES string of the molecule is CC1CC(C)P1c1ccccc1. The van der Waals surface area contributed by atoms with Crippen LogP contribution in [0, 0.1) is 0 Å². The molecule has 2 rings (SSSR count). The molecule has 0 radical (unpaired) electrons. The van der Waals surface area contributed by atoms with Crippen molar-refractivity contribution in [3.05, 3.63) is 30.3 Å². The summed E-state index contributed by atoms with van der Waals surface area (Å²) in [5, 5.41) is 1.60. The quantitative estimate of drug-likeness (QED) is 0.580. The van der Waals surface area contributed by atoms with E-state index in [4.69, 9.17) is 0 Å². The first-order chi connectivity index (χ1) is 5.79. The third-order valence-corrected chi connectivity index (χ3v) is 5.90. The molecule has 0 N–H and O–H groups in total. The Labute approximate surface area is 75.7 Å². The third-order valence-electron chi connectivity index (χ3n) is 2.69. The molecule has 1 saturated heterocycles. The van der Waals surface area contributed by atoms with Gasteiger partial charge in [0.15, 0.2) is 0 Å². The second-order valence-corrected chi connectivity index (χ2v) is 6.77. The van der Waals surface area contributed by atoms with Gasteiger partial charge in [-0.3, -0.25) is 0 Å². The van der Waals surface area contributed by atoms with Gasteiger partial charge in [0.2, 0.25) is 0 Å². The van der Waals surface area contributed by atoms with Crippen molar-refractivity contribution in [3.63, 3.8) is 0 Å². The van der Waals surface area contributed by atoms with Gasteiger partial charge in [-0.05, 0) is 23.0 Å². The fourth-order valence-corrected chi connectivity index (χ4v) is 5.22. The molecule has 0 nitrogen and oxygen atoms in total. The first-order valence-electron chi connectivity index (χ1n) is 4.62. The van der Waals surface area contributed by atoms with Crippen LogP contribution in [0.3, 0.4) is 0 Å². The lowest BCUT2D eigenvalue weighted by atomic mass is 10.2. The van der Waals surface area contributed by atoms with Gasteiger partial charge in [0, 0.05) is 0 Å². The lowest BCUT2D eigenvalue weighted by molar-refractivity contribution is 0.714. The van der Waals surface area contributed by atoms with Crippen LogP contribution in [0.25, 0.3) is 0 Å². The van der Waals surface area contributed by atoms with Gasteiger partial charge in [-0.25, -0.2) is 0 Å². The number of benzene rings is 1. The third kappa shape index (κ3) is 1.29. The number of hydrogen-bond donors (Lipinski definition) is 0. The summed E-state index contributed by atoms with van der Waals surface area (Å²) in [4.78, 5) is 0. The van der Waals surface area contributed by atoms with E-state index in [0.29, 0.717) is 0 Å². The molecule has 12 heavy (non-hydrogen) atoms. The fraction of sp³-hybridized carbons (Fsp3) is 0.455. The molecule has 1 heterocycles. The van der Waals surface area contributed by atoms with Crippen LogP contribution in [0.2, 0.25) is 0 Å². The van der Waals surface area contributed by atoms with Gasteiger partial charge in [-0.15, -0.1) is 0 Å². The second-order valence-electron chi connectivity index (χ2n) is 3.68. The Bertz CT molecular complexity index is 247. The summed E-state index contributed by atoms with van der Waals surface area (Å²) in [7, 11) is 0.185. The van der Waals surface area contributed by atoms with Crippen LogP contribution in [0.5, 0.6) is 0 Å². The summed E-state index contributed by atoms with van der Waals surface area (Å²) in [5.41, 5.74) is 1.91. The van der Waals surface area contributed by atoms with Crippen LogP contribution in [0.15, 0.2) is 30.3 Å². The van der Waals surface area contributed by atoms with Crippen LogP contribution in [-0.4, -0.2) is 11.3 Å². The summed E-state index contributed by atoms with van der Waals surface area (Å²) in [5.74, 6) is 0. The number of hydrogen-bond acceptors (Lipinski definition) is 0. The van der Waals surface area contributed by atoms with E-state index in [1.54, 1.807) is 5.30 Å². The highest BCUT2D eigenvalue weighted by atomic mass is 31.1. The summed E-state index contributed by atoms with van der Waals surface area (Å²) < 4.78 is 0. The standard InChI is InChI=1S/C11H15P/c1-9-8-10(2)12(9)11-6-4-3-5-7-11/h3-7,9-10H,8H2,1-2H3. The minimum atomic E-state index is 0.185. The maximum atomic E-state index is 2.39. The minimum absolute atomic E-state index is 0.185. The molecule has 2 unspecified atom stereocenters. The molecule has 1 fully saturated rings. The van der Waals surface area contributed by atoms with Crippen molar-refractivity contribution >= 4 is 13.2 Å². The van der Waals surface area contributed by atoms with E-state index in [0.717, 1.165) is 11.3 Å². The van der Waals surface area contributed by atoms with Crippen molar-refractivity contribution in [2.24, 2.45) is 0 Å². The van der Waals surface area contributed by atoms with Crippen LogP contribution in [0.4, 0.5) is 0 Å². The molecule has 1 aromatic carbocycles. The molecular formula is C11H15P.